The molecule has 2 amide bonds. The number of amides is 2. The van der Waals surface area contributed by atoms with Gasteiger partial charge in [-0.05, 0) is 81.3 Å². The Balaban J connectivity index is 1.57. The molecule has 1 heterocycles. The molecule has 0 aromatic heterocycles. The number of carbonyl (C=O) groups excluding carboxylic acids is 2. The third-order valence-corrected chi connectivity index (χ3v) is 6.36. The monoisotopic (exact) mass is 529 g/mol. The minimum absolute atomic E-state index is 0.332. The lowest BCUT2D eigenvalue weighted by atomic mass is 10.1. The highest BCUT2D eigenvalue weighted by molar-refractivity contribution is 9.10. The van der Waals surface area contributed by atoms with Crippen molar-refractivity contribution in [2.24, 2.45) is 0 Å². The van der Waals surface area contributed by atoms with Crippen LogP contribution in [0.15, 0.2) is 76.1 Å². The molecule has 1 aliphatic rings. The van der Waals surface area contributed by atoms with Gasteiger partial charge in [0, 0.05) is 5.02 Å². The third-order valence-electron chi connectivity index (χ3n) is 4.65. The number of anilines is 1. The van der Waals surface area contributed by atoms with Crippen LogP contribution in [0.5, 0.6) is 11.5 Å². The number of hydrogen-bond acceptors (Lipinski definition) is 5. The van der Waals surface area contributed by atoms with Gasteiger partial charge in [0.1, 0.15) is 6.61 Å². The van der Waals surface area contributed by atoms with Crippen LogP contribution in [0.3, 0.4) is 0 Å². The van der Waals surface area contributed by atoms with Gasteiger partial charge in [0.15, 0.2) is 11.5 Å². The lowest BCUT2D eigenvalue weighted by Crippen LogP contribution is -2.27. The Kier molecular flexibility index (Phi) is 6.89. The van der Waals surface area contributed by atoms with E-state index in [9.17, 15) is 9.59 Å². The van der Waals surface area contributed by atoms with Crippen molar-refractivity contribution in [3.63, 3.8) is 0 Å². The van der Waals surface area contributed by atoms with Gasteiger partial charge in [-0.1, -0.05) is 41.9 Å². The summed E-state index contributed by atoms with van der Waals surface area (Å²) in [5, 5.41) is 0.329. The fraction of sp³-hybridized carbons (Fsp3) is 0.0833. The summed E-state index contributed by atoms with van der Waals surface area (Å²) >= 11 is 10.4. The van der Waals surface area contributed by atoms with E-state index in [1.165, 1.54) is 4.90 Å². The van der Waals surface area contributed by atoms with Crippen LogP contribution in [0.25, 0.3) is 6.08 Å². The van der Waals surface area contributed by atoms with Crippen molar-refractivity contribution >= 4 is 62.2 Å². The first-order valence-corrected chi connectivity index (χ1v) is 11.5. The van der Waals surface area contributed by atoms with Crippen molar-refractivity contribution < 1.29 is 19.1 Å². The fourth-order valence-electron chi connectivity index (χ4n) is 3.12. The molecule has 1 fully saturated rings. The smallest absolute Gasteiger partial charge is 0.298 e. The molecule has 8 heteroatoms. The van der Waals surface area contributed by atoms with Crippen LogP contribution in [0.2, 0.25) is 5.02 Å². The lowest BCUT2D eigenvalue weighted by molar-refractivity contribution is -0.113. The van der Waals surface area contributed by atoms with E-state index in [0.29, 0.717) is 43.8 Å². The van der Waals surface area contributed by atoms with Gasteiger partial charge in [0.25, 0.3) is 11.1 Å². The van der Waals surface area contributed by atoms with E-state index in [1.54, 1.807) is 55.7 Å². The molecule has 0 bridgehead atoms. The fourth-order valence-corrected chi connectivity index (χ4v) is 4.66. The van der Waals surface area contributed by atoms with E-state index < -0.39 is 0 Å². The number of carbonyl (C=O) groups is 2. The molecule has 0 saturated carbocycles. The maximum Gasteiger partial charge on any atom is 0.298 e. The highest BCUT2D eigenvalue weighted by Gasteiger charge is 2.36. The number of rotatable bonds is 6. The molecule has 0 aliphatic carbocycles. The van der Waals surface area contributed by atoms with E-state index in [1.807, 2.05) is 24.3 Å². The van der Waals surface area contributed by atoms with Gasteiger partial charge in [-0.25, -0.2) is 4.90 Å². The van der Waals surface area contributed by atoms with E-state index in [2.05, 4.69) is 15.9 Å². The second kappa shape index (κ2) is 9.81. The van der Waals surface area contributed by atoms with Crippen LogP contribution < -0.4 is 14.4 Å². The van der Waals surface area contributed by atoms with E-state index >= 15 is 0 Å². The molecule has 1 saturated heterocycles. The minimum atomic E-state index is -0.357. The molecular weight excluding hydrogens is 514 g/mol. The molecule has 162 valence electrons. The van der Waals surface area contributed by atoms with Crippen molar-refractivity contribution in [3.8, 4) is 11.5 Å². The molecule has 0 radical (unpaired) electrons. The van der Waals surface area contributed by atoms with Crippen LogP contribution in [0.1, 0.15) is 11.1 Å². The van der Waals surface area contributed by atoms with E-state index in [0.717, 1.165) is 17.3 Å². The lowest BCUT2D eigenvalue weighted by Gasteiger charge is -2.14. The first-order chi connectivity index (χ1) is 15.5. The molecule has 4 rings (SSSR count). The molecule has 0 spiro atoms. The van der Waals surface area contributed by atoms with Gasteiger partial charge in [-0.2, -0.15) is 0 Å². The summed E-state index contributed by atoms with van der Waals surface area (Å²) in [6.45, 7) is 0.335. The average molecular weight is 531 g/mol. The molecular formula is C24H17BrClNO4S. The van der Waals surface area contributed by atoms with Gasteiger partial charge in [-0.15, -0.1) is 0 Å². The maximum atomic E-state index is 12.8. The highest BCUT2D eigenvalue weighted by Crippen LogP contribution is 2.40. The van der Waals surface area contributed by atoms with Crippen molar-refractivity contribution in [1.29, 1.82) is 0 Å². The molecule has 0 atom stereocenters. The van der Waals surface area contributed by atoms with Gasteiger partial charge in [0.2, 0.25) is 0 Å². The maximum absolute atomic E-state index is 12.8. The second-order valence-electron chi connectivity index (χ2n) is 6.80. The minimum Gasteiger partial charge on any atom is -0.493 e. The Labute approximate surface area is 203 Å². The zero-order valence-corrected chi connectivity index (χ0v) is 20.0. The first-order valence-electron chi connectivity index (χ1n) is 9.54. The quantitative estimate of drug-likeness (QED) is 0.323. The Morgan fingerprint density at radius 1 is 1.06 bits per heavy atom. The van der Waals surface area contributed by atoms with E-state index in [4.69, 9.17) is 21.1 Å². The number of hydrogen-bond donors (Lipinski definition) is 0. The Bertz CT molecular complexity index is 1200. The van der Waals surface area contributed by atoms with Crippen molar-refractivity contribution in [1.82, 2.24) is 0 Å². The predicted molar refractivity (Wildman–Crippen MR) is 131 cm³/mol. The topological polar surface area (TPSA) is 55.8 Å². The molecule has 3 aromatic rings. The summed E-state index contributed by atoms with van der Waals surface area (Å²) in [5.74, 6) is 0.684. The first kappa shape index (κ1) is 22.5. The molecule has 3 aromatic carbocycles. The zero-order chi connectivity index (χ0) is 22.7. The average Bonchev–Trinajstić information content (AvgIpc) is 3.07. The van der Waals surface area contributed by atoms with Crippen LogP contribution in [-0.2, 0) is 11.4 Å². The number of methoxy groups -OCH3 is 1. The highest BCUT2D eigenvalue weighted by atomic mass is 79.9. The molecule has 0 N–H and O–H groups in total. The van der Waals surface area contributed by atoms with E-state index in [-0.39, 0.29) is 11.1 Å². The summed E-state index contributed by atoms with van der Waals surface area (Å²) in [4.78, 5) is 26.8. The van der Waals surface area contributed by atoms with Gasteiger partial charge >= 0.3 is 0 Å². The predicted octanol–water partition coefficient (Wildman–Crippen LogP) is 6.93. The zero-order valence-electron chi connectivity index (χ0n) is 16.9. The number of imide groups is 1. The summed E-state index contributed by atoms with van der Waals surface area (Å²) < 4.78 is 12.1. The normalized spacial score (nSPS) is 14.8. The standard InChI is InChI=1S/C24H17BrClNO4S/c1-30-20-12-16(11-19(25)22(20)31-14-15-7-9-17(26)10-8-15)13-21-23(28)27(24(29)32-21)18-5-3-2-4-6-18/h2-13H,14H2,1H3/b21-13-. The third kappa shape index (κ3) is 4.85. The van der Waals surface area contributed by atoms with Gasteiger partial charge < -0.3 is 9.47 Å². The summed E-state index contributed by atoms with van der Waals surface area (Å²) in [6.07, 6.45) is 1.67. The summed E-state index contributed by atoms with van der Waals surface area (Å²) in [5.41, 5.74) is 2.20. The second-order valence-corrected chi connectivity index (χ2v) is 9.09. The van der Waals surface area contributed by atoms with Crippen LogP contribution in [0, 0.1) is 0 Å². The number of benzene rings is 3. The summed E-state index contributed by atoms with van der Waals surface area (Å²) in [7, 11) is 1.55. The number of para-hydroxylation sites is 1. The van der Waals surface area contributed by atoms with Crippen molar-refractivity contribution in [2.75, 3.05) is 12.0 Å². The van der Waals surface area contributed by atoms with Crippen LogP contribution in [-0.4, -0.2) is 18.3 Å². The number of halogens is 2. The Hall–Kier alpha value is -2.74. The summed E-state index contributed by atoms with van der Waals surface area (Å²) in [6, 6.07) is 19.8. The SMILES string of the molecule is COc1cc(/C=C2\SC(=O)N(c3ccccc3)C2=O)cc(Br)c1OCc1ccc(Cl)cc1. The number of ether oxygens (including phenoxy) is 2. The van der Waals surface area contributed by atoms with Crippen molar-refractivity contribution in [2.45, 2.75) is 6.61 Å². The number of nitrogens with zero attached hydrogens (tertiary/aromatic N) is 1. The molecule has 32 heavy (non-hydrogen) atoms. The Morgan fingerprint density at radius 3 is 2.47 bits per heavy atom. The molecule has 5 nitrogen and oxygen atoms in total. The molecule has 0 unspecified atom stereocenters. The van der Waals surface area contributed by atoms with Crippen LogP contribution in [0.4, 0.5) is 10.5 Å². The number of thioether (sulfide) groups is 1. The Morgan fingerprint density at radius 2 is 1.78 bits per heavy atom. The van der Waals surface area contributed by atoms with Crippen molar-refractivity contribution in [3.05, 3.63) is 92.3 Å². The van der Waals surface area contributed by atoms with Gasteiger partial charge in [0.05, 0.1) is 22.2 Å². The largest absolute Gasteiger partial charge is 0.493 e. The molecule has 1 aliphatic heterocycles. The van der Waals surface area contributed by atoms with Gasteiger partial charge in [-0.3, -0.25) is 9.59 Å². The van der Waals surface area contributed by atoms with Crippen LogP contribution >= 0.6 is 39.3 Å².